The minimum Gasteiger partial charge on any atom is -0.448 e. The molecule has 0 radical (unpaired) electrons. The van der Waals surface area contributed by atoms with Gasteiger partial charge in [0.25, 0.3) is 0 Å². The molecule has 0 N–H and O–H groups in total. The Morgan fingerprint density at radius 3 is 2.95 bits per heavy atom. The van der Waals surface area contributed by atoms with Crippen molar-refractivity contribution in [1.29, 1.82) is 0 Å². The molecule has 2 rings (SSSR count). The number of imide groups is 1. The van der Waals surface area contributed by atoms with Crippen LogP contribution in [-0.2, 0) is 9.47 Å². The molecule has 1 saturated carbocycles. The van der Waals surface area contributed by atoms with Gasteiger partial charge in [0.15, 0.2) is 0 Å². The lowest BCUT2D eigenvalue weighted by Gasteiger charge is -2.34. The molecule has 2 atom stereocenters. The molecule has 2 unspecified atom stereocenters. The van der Waals surface area contributed by atoms with Crippen LogP contribution >= 0.6 is 0 Å². The van der Waals surface area contributed by atoms with Crippen LogP contribution in [0.4, 0.5) is 9.59 Å². The maximum absolute atomic E-state index is 11.9. The van der Waals surface area contributed by atoms with Crippen molar-refractivity contribution in [3.63, 3.8) is 0 Å². The van der Waals surface area contributed by atoms with Gasteiger partial charge >= 0.3 is 12.2 Å². The topological polar surface area (TPSA) is 59.1 Å². The summed E-state index contributed by atoms with van der Waals surface area (Å²) in [7, 11) is 3.80. The van der Waals surface area contributed by atoms with Gasteiger partial charge in [-0.05, 0) is 39.3 Å². The highest BCUT2D eigenvalue weighted by Gasteiger charge is 2.49. The summed E-state index contributed by atoms with van der Waals surface area (Å²) in [5.41, 5.74) is -0.477. The fraction of sp³-hybridized carbons (Fsp3) is 0.857. The summed E-state index contributed by atoms with van der Waals surface area (Å²) in [4.78, 5) is 26.8. The van der Waals surface area contributed by atoms with Crippen LogP contribution in [0.1, 0.15) is 32.6 Å². The zero-order valence-corrected chi connectivity index (χ0v) is 12.6. The fourth-order valence-electron chi connectivity index (χ4n) is 3.01. The van der Waals surface area contributed by atoms with Crippen molar-refractivity contribution in [1.82, 2.24) is 9.80 Å². The van der Waals surface area contributed by atoms with E-state index in [1.54, 1.807) is 0 Å². The number of rotatable bonds is 3. The van der Waals surface area contributed by atoms with Gasteiger partial charge < -0.3 is 14.4 Å². The van der Waals surface area contributed by atoms with Crippen LogP contribution in [0.2, 0.25) is 0 Å². The van der Waals surface area contributed by atoms with Crippen LogP contribution in [0.25, 0.3) is 0 Å². The van der Waals surface area contributed by atoms with Gasteiger partial charge in [0.2, 0.25) is 0 Å². The molecule has 1 aliphatic carbocycles. The van der Waals surface area contributed by atoms with Crippen molar-refractivity contribution in [2.24, 2.45) is 5.92 Å². The average Bonchev–Trinajstić information content (AvgIpc) is 2.65. The van der Waals surface area contributed by atoms with Gasteiger partial charge in [0, 0.05) is 6.54 Å². The number of carbonyl (C=O) groups is 2. The number of carbonyl (C=O) groups excluding carboxylic acids is 2. The fourth-order valence-corrected chi connectivity index (χ4v) is 3.01. The van der Waals surface area contributed by atoms with Crippen molar-refractivity contribution in [3.05, 3.63) is 0 Å². The van der Waals surface area contributed by atoms with Crippen molar-refractivity contribution in [3.8, 4) is 0 Å². The van der Waals surface area contributed by atoms with Gasteiger partial charge in [0.05, 0.1) is 6.54 Å². The lowest BCUT2D eigenvalue weighted by atomic mass is 9.79. The Balaban J connectivity index is 1.90. The highest BCUT2D eigenvalue weighted by Crippen LogP contribution is 2.39. The molecule has 2 aliphatic rings. The normalized spacial score (nSPS) is 29.9. The predicted octanol–water partition coefficient (Wildman–Crippen LogP) is 2.09. The molecule has 6 heteroatoms. The highest BCUT2D eigenvalue weighted by atomic mass is 16.6. The maximum Gasteiger partial charge on any atom is 0.420 e. The zero-order valence-electron chi connectivity index (χ0n) is 12.6. The number of amides is 2. The van der Waals surface area contributed by atoms with Crippen LogP contribution in [0.5, 0.6) is 0 Å². The Kier molecular flexibility index (Phi) is 4.52. The second-order valence-electron chi connectivity index (χ2n) is 6.26. The molecule has 0 bridgehead atoms. The first-order chi connectivity index (χ1) is 9.42. The Morgan fingerprint density at radius 2 is 2.30 bits per heavy atom. The van der Waals surface area contributed by atoms with E-state index in [1.165, 1.54) is 0 Å². The van der Waals surface area contributed by atoms with Crippen LogP contribution in [0.3, 0.4) is 0 Å². The summed E-state index contributed by atoms with van der Waals surface area (Å²) in [5, 5.41) is 0. The van der Waals surface area contributed by atoms with Crippen LogP contribution in [0.15, 0.2) is 0 Å². The average molecular weight is 284 g/mol. The summed E-state index contributed by atoms with van der Waals surface area (Å²) in [6.07, 6.45) is 2.72. The van der Waals surface area contributed by atoms with E-state index in [-0.39, 0.29) is 6.61 Å². The number of ether oxygens (including phenoxy) is 2. The van der Waals surface area contributed by atoms with Crippen molar-refractivity contribution in [2.75, 3.05) is 33.8 Å². The first-order valence-corrected chi connectivity index (χ1v) is 7.24. The first-order valence-electron chi connectivity index (χ1n) is 7.24. The van der Waals surface area contributed by atoms with Gasteiger partial charge in [-0.1, -0.05) is 13.3 Å². The number of hydrogen-bond acceptors (Lipinski definition) is 5. The standard InChI is InChI=1S/C14H24N2O4/c1-11-5-4-6-14(9-11)10-16(13(18)20-14)12(17)19-8-7-15(2)3/h11H,4-10H2,1-3H3. The lowest BCUT2D eigenvalue weighted by Crippen LogP contribution is -2.40. The third-order valence-electron chi connectivity index (χ3n) is 4.00. The predicted molar refractivity (Wildman–Crippen MR) is 73.5 cm³/mol. The molecule has 1 spiro atoms. The largest absolute Gasteiger partial charge is 0.448 e. The van der Waals surface area contributed by atoms with Crippen LogP contribution in [-0.4, -0.2) is 61.4 Å². The Labute approximate surface area is 120 Å². The molecule has 1 saturated heterocycles. The quantitative estimate of drug-likeness (QED) is 0.794. The smallest absolute Gasteiger partial charge is 0.420 e. The zero-order chi connectivity index (χ0) is 14.8. The minimum atomic E-state index is -0.591. The minimum absolute atomic E-state index is 0.277. The molecular formula is C14H24N2O4. The number of hydrogen-bond donors (Lipinski definition) is 0. The molecular weight excluding hydrogens is 260 g/mol. The molecule has 2 amide bonds. The molecule has 20 heavy (non-hydrogen) atoms. The third-order valence-corrected chi connectivity index (χ3v) is 4.00. The summed E-state index contributed by atoms with van der Waals surface area (Å²) in [6, 6.07) is 0. The first kappa shape index (κ1) is 15.1. The summed E-state index contributed by atoms with van der Waals surface area (Å²) in [5.74, 6) is 0.529. The summed E-state index contributed by atoms with van der Waals surface area (Å²) < 4.78 is 10.6. The van der Waals surface area contributed by atoms with E-state index in [1.807, 2.05) is 19.0 Å². The molecule has 0 aromatic heterocycles. The van der Waals surface area contributed by atoms with E-state index in [4.69, 9.17) is 9.47 Å². The highest BCUT2D eigenvalue weighted by molar-refractivity contribution is 5.89. The second kappa shape index (κ2) is 5.99. The van der Waals surface area contributed by atoms with Crippen LogP contribution in [0, 0.1) is 5.92 Å². The lowest BCUT2D eigenvalue weighted by molar-refractivity contribution is 0.0101. The molecule has 114 valence electrons. The Hall–Kier alpha value is -1.30. The van der Waals surface area contributed by atoms with E-state index >= 15 is 0 Å². The molecule has 1 heterocycles. The van der Waals surface area contributed by atoms with Gasteiger partial charge in [-0.25, -0.2) is 14.5 Å². The van der Waals surface area contributed by atoms with E-state index in [2.05, 4.69) is 6.92 Å². The second-order valence-corrected chi connectivity index (χ2v) is 6.26. The SMILES string of the molecule is CC1CCCC2(C1)CN(C(=O)OCCN(C)C)C(=O)O2. The van der Waals surface area contributed by atoms with E-state index in [0.29, 0.717) is 19.0 Å². The summed E-state index contributed by atoms with van der Waals surface area (Å²) in [6.45, 7) is 3.40. The Bertz CT molecular complexity index is 385. The Morgan fingerprint density at radius 1 is 1.55 bits per heavy atom. The molecule has 0 aromatic rings. The molecule has 1 aliphatic heterocycles. The van der Waals surface area contributed by atoms with Gasteiger partial charge in [0.1, 0.15) is 12.2 Å². The number of likely N-dealkylation sites (N-methyl/N-ethyl adjacent to an activating group) is 1. The van der Waals surface area contributed by atoms with Crippen molar-refractivity contribution < 1.29 is 19.1 Å². The van der Waals surface area contributed by atoms with Crippen molar-refractivity contribution >= 4 is 12.2 Å². The van der Waals surface area contributed by atoms with E-state index in [0.717, 1.165) is 30.6 Å². The molecule has 0 aromatic carbocycles. The monoisotopic (exact) mass is 284 g/mol. The van der Waals surface area contributed by atoms with E-state index in [9.17, 15) is 9.59 Å². The summed E-state index contributed by atoms with van der Waals surface area (Å²) >= 11 is 0. The molecule has 2 fully saturated rings. The number of nitrogens with zero attached hydrogens (tertiary/aromatic N) is 2. The maximum atomic E-state index is 11.9. The molecule has 6 nitrogen and oxygen atoms in total. The van der Waals surface area contributed by atoms with Crippen molar-refractivity contribution in [2.45, 2.75) is 38.2 Å². The van der Waals surface area contributed by atoms with Gasteiger partial charge in [-0.3, -0.25) is 0 Å². The van der Waals surface area contributed by atoms with Gasteiger partial charge in [-0.15, -0.1) is 0 Å². The third kappa shape index (κ3) is 3.42. The van der Waals surface area contributed by atoms with Gasteiger partial charge in [-0.2, -0.15) is 0 Å². The van der Waals surface area contributed by atoms with Crippen LogP contribution < -0.4 is 0 Å². The van der Waals surface area contributed by atoms with E-state index < -0.39 is 17.8 Å².